The van der Waals surface area contributed by atoms with E-state index in [9.17, 15) is 4.79 Å². The highest BCUT2D eigenvalue weighted by Gasteiger charge is 1.86. The standard InChI is InChI=1S/C8H7NO.C2H6/c1-7-3-2-4-8(5-7)9-6-10;1-2/h2-5H,1H3;1-2H3. The number of rotatable bonds is 1. The van der Waals surface area contributed by atoms with Gasteiger partial charge in [-0.3, -0.25) is 0 Å². The van der Waals surface area contributed by atoms with Crippen molar-refractivity contribution >= 4 is 11.8 Å². The minimum absolute atomic E-state index is 0.662. The van der Waals surface area contributed by atoms with Crippen LogP contribution in [0.3, 0.4) is 0 Å². The predicted molar refractivity (Wildman–Crippen MR) is 50.3 cm³/mol. The first-order valence-corrected chi connectivity index (χ1v) is 3.97. The lowest BCUT2D eigenvalue weighted by atomic mass is 10.2. The zero-order valence-electron chi connectivity index (χ0n) is 7.66. The van der Waals surface area contributed by atoms with Crippen molar-refractivity contribution in [3.63, 3.8) is 0 Å². The van der Waals surface area contributed by atoms with E-state index in [1.54, 1.807) is 6.07 Å². The molecule has 0 N–H and O–H groups in total. The minimum Gasteiger partial charge on any atom is -0.211 e. The van der Waals surface area contributed by atoms with Crippen molar-refractivity contribution in [1.29, 1.82) is 0 Å². The van der Waals surface area contributed by atoms with Crippen LogP contribution >= 0.6 is 0 Å². The quantitative estimate of drug-likeness (QED) is 0.462. The van der Waals surface area contributed by atoms with Crippen molar-refractivity contribution < 1.29 is 4.79 Å². The number of aliphatic imine (C=N–C) groups is 1. The van der Waals surface area contributed by atoms with E-state index in [1.165, 1.54) is 6.08 Å². The Kier molecular flexibility index (Phi) is 5.58. The third kappa shape index (κ3) is 3.69. The van der Waals surface area contributed by atoms with Gasteiger partial charge in [0.15, 0.2) is 0 Å². The highest BCUT2D eigenvalue weighted by Crippen LogP contribution is 2.11. The molecule has 0 bridgehead atoms. The molecule has 0 amide bonds. The first-order valence-electron chi connectivity index (χ1n) is 3.97. The molecular weight excluding hydrogens is 150 g/mol. The second-order valence-corrected chi connectivity index (χ2v) is 2.04. The molecular formula is C10H13NO. The van der Waals surface area contributed by atoms with Gasteiger partial charge >= 0.3 is 0 Å². The van der Waals surface area contributed by atoms with Crippen LogP contribution in [0.1, 0.15) is 19.4 Å². The zero-order valence-corrected chi connectivity index (χ0v) is 7.66. The van der Waals surface area contributed by atoms with Crippen LogP contribution in [-0.2, 0) is 4.79 Å². The molecule has 0 saturated heterocycles. The van der Waals surface area contributed by atoms with E-state index in [4.69, 9.17) is 0 Å². The molecule has 1 aromatic carbocycles. The minimum atomic E-state index is 0.662. The Morgan fingerprint density at radius 3 is 2.50 bits per heavy atom. The fraction of sp³-hybridized carbons (Fsp3) is 0.300. The van der Waals surface area contributed by atoms with E-state index in [-0.39, 0.29) is 0 Å². The molecule has 64 valence electrons. The van der Waals surface area contributed by atoms with Crippen LogP contribution in [0.15, 0.2) is 29.3 Å². The van der Waals surface area contributed by atoms with Gasteiger partial charge in [-0.25, -0.2) is 4.79 Å². The van der Waals surface area contributed by atoms with Crippen LogP contribution < -0.4 is 0 Å². The molecule has 0 atom stereocenters. The van der Waals surface area contributed by atoms with Crippen molar-refractivity contribution in [3.05, 3.63) is 29.8 Å². The second kappa shape index (κ2) is 6.32. The Hall–Kier alpha value is -1.40. The number of nitrogens with zero attached hydrogens (tertiary/aromatic N) is 1. The molecule has 0 radical (unpaired) electrons. The van der Waals surface area contributed by atoms with E-state index < -0.39 is 0 Å². The zero-order chi connectivity index (χ0) is 9.40. The summed E-state index contributed by atoms with van der Waals surface area (Å²) in [5, 5.41) is 0. The topological polar surface area (TPSA) is 29.4 Å². The summed E-state index contributed by atoms with van der Waals surface area (Å²) >= 11 is 0. The Bertz CT molecular complexity index is 275. The largest absolute Gasteiger partial charge is 0.240 e. The first kappa shape index (κ1) is 10.6. The van der Waals surface area contributed by atoms with E-state index in [1.807, 2.05) is 39.0 Å². The third-order valence-electron chi connectivity index (χ3n) is 1.18. The van der Waals surface area contributed by atoms with Crippen molar-refractivity contribution in [1.82, 2.24) is 0 Å². The lowest BCUT2D eigenvalue weighted by Gasteiger charge is -1.90. The molecule has 2 heteroatoms. The van der Waals surface area contributed by atoms with Gasteiger partial charge in [0.2, 0.25) is 6.08 Å². The first-order chi connectivity index (χ1) is 5.83. The van der Waals surface area contributed by atoms with Crippen LogP contribution in [0.2, 0.25) is 0 Å². The van der Waals surface area contributed by atoms with Gasteiger partial charge in [0.05, 0.1) is 5.69 Å². The summed E-state index contributed by atoms with van der Waals surface area (Å²) in [5.74, 6) is 0. The summed E-state index contributed by atoms with van der Waals surface area (Å²) < 4.78 is 0. The lowest BCUT2D eigenvalue weighted by molar-refractivity contribution is 0.565. The number of aryl methyl sites for hydroxylation is 1. The number of benzene rings is 1. The van der Waals surface area contributed by atoms with E-state index in [2.05, 4.69) is 4.99 Å². The van der Waals surface area contributed by atoms with Gasteiger partial charge in [-0.1, -0.05) is 26.0 Å². The van der Waals surface area contributed by atoms with Gasteiger partial charge in [0.25, 0.3) is 0 Å². The maximum atomic E-state index is 9.79. The molecule has 0 unspecified atom stereocenters. The summed E-state index contributed by atoms with van der Waals surface area (Å²) in [7, 11) is 0. The third-order valence-corrected chi connectivity index (χ3v) is 1.18. The van der Waals surface area contributed by atoms with Gasteiger partial charge in [-0.15, -0.1) is 0 Å². The Morgan fingerprint density at radius 1 is 1.33 bits per heavy atom. The average molecular weight is 163 g/mol. The molecule has 0 aliphatic carbocycles. The molecule has 0 fully saturated rings. The summed E-state index contributed by atoms with van der Waals surface area (Å²) in [6, 6.07) is 7.39. The van der Waals surface area contributed by atoms with Gasteiger partial charge in [-0.2, -0.15) is 4.99 Å². The van der Waals surface area contributed by atoms with E-state index >= 15 is 0 Å². The SMILES string of the molecule is CC.Cc1cccc(N=C=O)c1. The van der Waals surface area contributed by atoms with Crippen molar-refractivity contribution in [3.8, 4) is 0 Å². The molecule has 0 aliphatic heterocycles. The maximum absolute atomic E-state index is 9.79. The molecule has 1 rings (SSSR count). The van der Waals surface area contributed by atoms with E-state index in [0.717, 1.165) is 5.56 Å². The summed E-state index contributed by atoms with van der Waals surface area (Å²) in [6.07, 6.45) is 1.49. The normalized spacial score (nSPS) is 7.58. The van der Waals surface area contributed by atoms with Crippen LogP contribution in [0.5, 0.6) is 0 Å². The van der Waals surface area contributed by atoms with Crippen molar-refractivity contribution in [2.45, 2.75) is 20.8 Å². The maximum Gasteiger partial charge on any atom is 0.240 e. The Labute approximate surface area is 73.0 Å². The summed E-state index contributed by atoms with van der Waals surface area (Å²) in [6.45, 7) is 5.95. The summed E-state index contributed by atoms with van der Waals surface area (Å²) in [5.41, 5.74) is 1.76. The van der Waals surface area contributed by atoms with Crippen LogP contribution in [0, 0.1) is 6.92 Å². The Morgan fingerprint density at radius 2 is 2.00 bits per heavy atom. The van der Waals surface area contributed by atoms with Gasteiger partial charge in [0, 0.05) is 0 Å². The molecule has 0 spiro atoms. The fourth-order valence-corrected chi connectivity index (χ4v) is 0.750. The number of isocyanates is 1. The lowest BCUT2D eigenvalue weighted by Crippen LogP contribution is -1.68. The van der Waals surface area contributed by atoms with Crippen LogP contribution in [0.4, 0.5) is 5.69 Å². The molecule has 0 aliphatic rings. The summed E-state index contributed by atoms with van der Waals surface area (Å²) in [4.78, 5) is 13.3. The molecule has 2 nitrogen and oxygen atoms in total. The second-order valence-electron chi connectivity index (χ2n) is 2.04. The predicted octanol–water partition coefficient (Wildman–Crippen LogP) is 2.99. The number of carbonyl (C=O) groups excluding carboxylic acids is 1. The highest BCUT2D eigenvalue weighted by molar-refractivity contribution is 5.49. The molecule has 0 saturated carbocycles. The average Bonchev–Trinajstić information content (AvgIpc) is 2.09. The van der Waals surface area contributed by atoms with Crippen molar-refractivity contribution in [2.75, 3.05) is 0 Å². The van der Waals surface area contributed by atoms with Gasteiger partial charge in [0.1, 0.15) is 0 Å². The highest BCUT2D eigenvalue weighted by atomic mass is 16.1. The smallest absolute Gasteiger partial charge is 0.211 e. The van der Waals surface area contributed by atoms with Gasteiger partial charge in [-0.05, 0) is 24.6 Å². The molecule has 0 heterocycles. The van der Waals surface area contributed by atoms with Crippen molar-refractivity contribution in [2.24, 2.45) is 4.99 Å². The Balaban J connectivity index is 0.000000561. The molecule has 1 aromatic rings. The number of hydrogen-bond donors (Lipinski definition) is 0. The van der Waals surface area contributed by atoms with Gasteiger partial charge < -0.3 is 0 Å². The number of hydrogen-bond acceptors (Lipinski definition) is 2. The van der Waals surface area contributed by atoms with Crippen LogP contribution in [0.25, 0.3) is 0 Å². The molecule has 0 aromatic heterocycles. The van der Waals surface area contributed by atoms with Crippen LogP contribution in [-0.4, -0.2) is 6.08 Å². The monoisotopic (exact) mass is 163 g/mol. The molecule has 12 heavy (non-hydrogen) atoms. The van der Waals surface area contributed by atoms with E-state index in [0.29, 0.717) is 5.69 Å². The fourth-order valence-electron chi connectivity index (χ4n) is 0.750.